The maximum Gasteiger partial charge on any atom is 0.295 e. The Hall–Kier alpha value is -3.78. The molecule has 4 rings (SSSR count). The Kier molecular flexibility index (Phi) is 7.95. The monoisotopic (exact) mass is 507 g/mol. The number of aliphatic hydroxyl groups is 1. The first kappa shape index (κ1) is 25.3. The second-order valence-electron chi connectivity index (χ2n) is 8.76. The predicted octanol–water partition coefficient (Wildman–Crippen LogP) is 5.29. The van der Waals surface area contributed by atoms with Crippen molar-refractivity contribution in [2.45, 2.75) is 19.9 Å². The summed E-state index contributed by atoms with van der Waals surface area (Å²) in [6.07, 6.45) is 0. The molecule has 1 saturated heterocycles. The van der Waals surface area contributed by atoms with E-state index in [1.807, 2.05) is 31.4 Å². The Morgan fingerprint density at radius 2 is 1.75 bits per heavy atom. The molecule has 1 N–H and O–H groups in total. The second kappa shape index (κ2) is 11.3. The molecule has 2 heterocycles. The molecule has 0 saturated carbocycles. The number of benzene rings is 2. The van der Waals surface area contributed by atoms with E-state index in [4.69, 9.17) is 14.2 Å². The molecule has 0 spiro atoms. The third-order valence-electron chi connectivity index (χ3n) is 5.70. The van der Waals surface area contributed by atoms with Crippen molar-refractivity contribution >= 4 is 28.8 Å². The number of amides is 1. The lowest BCUT2D eigenvalue weighted by molar-refractivity contribution is -0.140. The van der Waals surface area contributed by atoms with Gasteiger partial charge >= 0.3 is 0 Å². The molecule has 8 heteroatoms. The highest BCUT2D eigenvalue weighted by Gasteiger charge is 2.46. The van der Waals surface area contributed by atoms with Crippen LogP contribution in [-0.4, -0.2) is 48.6 Å². The largest absolute Gasteiger partial charge is 0.507 e. The Labute approximate surface area is 214 Å². The molecule has 3 aromatic rings. The van der Waals surface area contributed by atoms with Crippen LogP contribution in [0.2, 0.25) is 0 Å². The molecule has 1 aliphatic heterocycles. The van der Waals surface area contributed by atoms with E-state index in [-0.39, 0.29) is 24.5 Å². The van der Waals surface area contributed by atoms with Gasteiger partial charge < -0.3 is 24.2 Å². The zero-order valence-corrected chi connectivity index (χ0v) is 21.3. The molecular weight excluding hydrogens is 478 g/mol. The summed E-state index contributed by atoms with van der Waals surface area (Å²) in [4.78, 5) is 28.5. The van der Waals surface area contributed by atoms with E-state index >= 15 is 0 Å². The van der Waals surface area contributed by atoms with E-state index < -0.39 is 17.7 Å². The third kappa shape index (κ3) is 5.54. The van der Waals surface area contributed by atoms with Crippen molar-refractivity contribution in [3.63, 3.8) is 0 Å². The number of hydrogen-bond acceptors (Lipinski definition) is 7. The fourth-order valence-electron chi connectivity index (χ4n) is 3.94. The minimum atomic E-state index is -0.719. The van der Waals surface area contributed by atoms with Crippen LogP contribution in [0.1, 0.15) is 30.3 Å². The Morgan fingerprint density at radius 1 is 1.00 bits per heavy atom. The number of nitrogens with zero attached hydrogens (tertiary/aromatic N) is 1. The number of thiophene rings is 1. The highest BCUT2D eigenvalue weighted by molar-refractivity contribution is 7.10. The summed E-state index contributed by atoms with van der Waals surface area (Å²) in [6, 6.07) is 17.1. The van der Waals surface area contributed by atoms with E-state index in [1.165, 1.54) is 16.2 Å². The van der Waals surface area contributed by atoms with E-state index in [1.54, 1.807) is 55.6 Å². The molecule has 188 valence electrons. The average molecular weight is 508 g/mol. The van der Waals surface area contributed by atoms with Crippen LogP contribution >= 0.6 is 11.3 Å². The molecule has 1 aliphatic rings. The van der Waals surface area contributed by atoms with Gasteiger partial charge in [0, 0.05) is 10.4 Å². The molecule has 2 aromatic carbocycles. The Morgan fingerprint density at radius 3 is 2.42 bits per heavy atom. The summed E-state index contributed by atoms with van der Waals surface area (Å²) < 4.78 is 16.7. The molecule has 1 unspecified atom stereocenters. The van der Waals surface area contributed by atoms with Crippen molar-refractivity contribution in [1.82, 2.24) is 4.90 Å². The normalized spacial score (nSPS) is 17.0. The number of carbonyl (C=O) groups is 2. The van der Waals surface area contributed by atoms with Crippen molar-refractivity contribution in [3.05, 3.63) is 82.1 Å². The van der Waals surface area contributed by atoms with Crippen LogP contribution in [0.5, 0.6) is 17.2 Å². The van der Waals surface area contributed by atoms with E-state index in [0.717, 1.165) is 4.88 Å². The third-order valence-corrected chi connectivity index (χ3v) is 6.63. The maximum atomic E-state index is 13.1. The van der Waals surface area contributed by atoms with Gasteiger partial charge in [0.25, 0.3) is 11.7 Å². The summed E-state index contributed by atoms with van der Waals surface area (Å²) in [5.41, 5.74) is 0.484. The zero-order valence-electron chi connectivity index (χ0n) is 20.5. The quantitative estimate of drug-likeness (QED) is 0.228. The van der Waals surface area contributed by atoms with Crippen molar-refractivity contribution in [3.8, 4) is 17.2 Å². The van der Waals surface area contributed by atoms with Gasteiger partial charge in [-0.1, -0.05) is 32.0 Å². The van der Waals surface area contributed by atoms with Crippen LogP contribution < -0.4 is 14.2 Å². The SMILES string of the molecule is COc1ccc(OCCN2C(=O)C(=O)/C(=C(\O)c3cccc(OCC(C)C)c3)C2c2cccs2)cc1. The molecule has 0 aliphatic carbocycles. The average Bonchev–Trinajstić information content (AvgIpc) is 3.50. The zero-order chi connectivity index (χ0) is 25.7. The minimum Gasteiger partial charge on any atom is -0.507 e. The van der Waals surface area contributed by atoms with Gasteiger partial charge in [0.2, 0.25) is 0 Å². The van der Waals surface area contributed by atoms with Crippen molar-refractivity contribution in [2.75, 3.05) is 26.9 Å². The van der Waals surface area contributed by atoms with Gasteiger partial charge in [0.1, 0.15) is 29.6 Å². The maximum absolute atomic E-state index is 13.1. The summed E-state index contributed by atoms with van der Waals surface area (Å²) in [5, 5.41) is 13.1. The van der Waals surface area contributed by atoms with Gasteiger partial charge in [-0.15, -0.1) is 11.3 Å². The Balaban J connectivity index is 1.60. The molecule has 1 atom stereocenters. The molecule has 7 nitrogen and oxygen atoms in total. The number of hydrogen-bond donors (Lipinski definition) is 1. The topological polar surface area (TPSA) is 85.3 Å². The van der Waals surface area contributed by atoms with Gasteiger partial charge in [-0.25, -0.2) is 0 Å². The number of Topliss-reactive ketones (excluding diaryl/α,β-unsaturated/α-hetero) is 1. The molecule has 0 radical (unpaired) electrons. The first-order valence-corrected chi connectivity index (χ1v) is 12.6. The predicted molar refractivity (Wildman–Crippen MR) is 139 cm³/mol. The summed E-state index contributed by atoms with van der Waals surface area (Å²) >= 11 is 1.42. The molecular formula is C28H29NO6S. The highest BCUT2D eigenvalue weighted by Crippen LogP contribution is 2.41. The van der Waals surface area contributed by atoms with Gasteiger partial charge in [-0.05, 0) is 53.8 Å². The van der Waals surface area contributed by atoms with Gasteiger partial charge in [0.05, 0.1) is 31.9 Å². The first-order chi connectivity index (χ1) is 17.4. The second-order valence-corrected chi connectivity index (χ2v) is 9.74. The number of ether oxygens (including phenoxy) is 3. The van der Waals surface area contributed by atoms with Crippen LogP contribution in [-0.2, 0) is 9.59 Å². The van der Waals surface area contributed by atoms with Crippen LogP contribution in [0.15, 0.2) is 71.6 Å². The number of methoxy groups -OCH3 is 1. The van der Waals surface area contributed by atoms with Crippen LogP contribution in [0.4, 0.5) is 0 Å². The summed E-state index contributed by atoms with van der Waals surface area (Å²) in [6.45, 7) is 4.97. The van der Waals surface area contributed by atoms with Crippen LogP contribution in [0.25, 0.3) is 5.76 Å². The lowest BCUT2D eigenvalue weighted by atomic mass is 10.00. The van der Waals surface area contributed by atoms with Gasteiger partial charge in [0.15, 0.2) is 0 Å². The smallest absolute Gasteiger partial charge is 0.295 e. The number of carbonyl (C=O) groups excluding carboxylic acids is 2. The van der Waals surface area contributed by atoms with E-state index in [2.05, 4.69) is 0 Å². The first-order valence-electron chi connectivity index (χ1n) is 11.7. The molecule has 1 amide bonds. The van der Waals surface area contributed by atoms with E-state index in [0.29, 0.717) is 35.3 Å². The molecule has 1 aromatic heterocycles. The van der Waals surface area contributed by atoms with Crippen molar-refractivity contribution in [1.29, 1.82) is 0 Å². The highest BCUT2D eigenvalue weighted by atomic mass is 32.1. The van der Waals surface area contributed by atoms with Gasteiger partial charge in [-0.2, -0.15) is 0 Å². The number of aliphatic hydroxyl groups excluding tert-OH is 1. The van der Waals surface area contributed by atoms with Crippen LogP contribution in [0.3, 0.4) is 0 Å². The van der Waals surface area contributed by atoms with E-state index in [9.17, 15) is 14.7 Å². The summed E-state index contributed by atoms with van der Waals surface area (Å²) in [7, 11) is 1.59. The standard InChI is InChI=1S/C28H29NO6S/c1-18(2)17-35-22-7-4-6-19(16-22)26(30)24-25(23-8-5-15-36-23)29(28(32)27(24)31)13-14-34-21-11-9-20(33-3)10-12-21/h4-12,15-16,18,25,30H,13-14,17H2,1-3H3/b26-24-. The lowest BCUT2D eigenvalue weighted by Crippen LogP contribution is -2.33. The minimum absolute atomic E-state index is 0.0629. The van der Waals surface area contributed by atoms with Gasteiger partial charge in [-0.3, -0.25) is 9.59 Å². The molecule has 1 fully saturated rings. The molecule has 36 heavy (non-hydrogen) atoms. The van der Waals surface area contributed by atoms with Crippen molar-refractivity contribution in [2.24, 2.45) is 5.92 Å². The molecule has 0 bridgehead atoms. The van der Waals surface area contributed by atoms with Crippen LogP contribution in [0, 0.1) is 5.92 Å². The number of ketones is 1. The lowest BCUT2D eigenvalue weighted by Gasteiger charge is -2.24. The Bertz CT molecular complexity index is 1230. The fourth-order valence-corrected chi connectivity index (χ4v) is 4.78. The van der Waals surface area contributed by atoms with Crippen molar-refractivity contribution < 1.29 is 28.9 Å². The fraction of sp³-hybridized carbons (Fsp3) is 0.286. The summed E-state index contributed by atoms with van der Waals surface area (Å²) in [5.74, 6) is 0.654. The number of likely N-dealkylation sites (tertiary alicyclic amines) is 1. The number of rotatable bonds is 10.